The number of pyridine rings is 1. The summed E-state index contributed by atoms with van der Waals surface area (Å²) >= 11 is 0. The van der Waals surface area contributed by atoms with Gasteiger partial charge in [-0.3, -0.25) is 14.6 Å². The summed E-state index contributed by atoms with van der Waals surface area (Å²) in [6.45, 7) is 4.48. The average Bonchev–Trinajstić information content (AvgIpc) is 2.83. The largest absolute Gasteiger partial charge is 0.493 e. The molecule has 0 aliphatic rings. The van der Waals surface area contributed by atoms with Gasteiger partial charge in [-0.15, -0.1) is 16.8 Å². The van der Waals surface area contributed by atoms with Gasteiger partial charge in [0, 0.05) is 24.6 Å². The molecule has 2 N–H and O–H groups in total. The van der Waals surface area contributed by atoms with Gasteiger partial charge in [0.2, 0.25) is 5.91 Å². The van der Waals surface area contributed by atoms with Crippen molar-refractivity contribution < 1.29 is 14.3 Å². The van der Waals surface area contributed by atoms with Crippen LogP contribution >= 0.6 is 0 Å². The number of hydrogen-bond donors (Lipinski definition) is 2. The molecule has 9 heteroatoms. The van der Waals surface area contributed by atoms with Crippen LogP contribution in [-0.4, -0.2) is 39.8 Å². The van der Waals surface area contributed by atoms with Crippen molar-refractivity contribution in [1.29, 1.82) is 0 Å². The predicted molar refractivity (Wildman–Crippen MR) is 119 cm³/mol. The van der Waals surface area contributed by atoms with Crippen molar-refractivity contribution in [1.82, 2.24) is 25.5 Å². The summed E-state index contributed by atoms with van der Waals surface area (Å²) in [7, 11) is 1.54. The van der Waals surface area contributed by atoms with Crippen molar-refractivity contribution in [2.75, 3.05) is 13.7 Å². The van der Waals surface area contributed by atoms with Crippen LogP contribution < -0.4 is 20.3 Å². The van der Waals surface area contributed by atoms with Gasteiger partial charge in [0.25, 0.3) is 5.56 Å². The second kappa shape index (κ2) is 11.4. The first-order valence-corrected chi connectivity index (χ1v) is 10.1. The van der Waals surface area contributed by atoms with Crippen LogP contribution in [0.1, 0.15) is 24.2 Å². The average molecular weight is 435 g/mol. The van der Waals surface area contributed by atoms with Crippen molar-refractivity contribution in [3.8, 4) is 22.9 Å². The fourth-order valence-electron chi connectivity index (χ4n) is 2.85. The summed E-state index contributed by atoms with van der Waals surface area (Å²) in [6.07, 6.45) is 4.45. The number of amides is 1. The zero-order valence-electron chi connectivity index (χ0n) is 17.8. The fraction of sp³-hybridized carbons (Fsp3) is 0.261. The Kier molecular flexibility index (Phi) is 8.08. The van der Waals surface area contributed by atoms with Crippen molar-refractivity contribution in [2.45, 2.75) is 25.8 Å². The highest BCUT2D eigenvalue weighted by Gasteiger charge is 2.12. The van der Waals surface area contributed by atoms with E-state index in [1.54, 1.807) is 30.5 Å². The number of rotatable bonds is 11. The third-order valence-corrected chi connectivity index (χ3v) is 4.56. The fourth-order valence-corrected chi connectivity index (χ4v) is 2.85. The van der Waals surface area contributed by atoms with E-state index in [1.807, 2.05) is 18.2 Å². The molecule has 1 aromatic carbocycles. The number of hydrogen-bond acceptors (Lipinski definition) is 7. The van der Waals surface area contributed by atoms with Gasteiger partial charge in [-0.2, -0.15) is 0 Å². The van der Waals surface area contributed by atoms with E-state index in [9.17, 15) is 9.59 Å². The van der Waals surface area contributed by atoms with E-state index in [0.717, 1.165) is 5.69 Å². The monoisotopic (exact) mass is 435 g/mol. The van der Waals surface area contributed by atoms with Gasteiger partial charge >= 0.3 is 0 Å². The standard InChI is InChI=1S/C23H25N5O4/c1-3-4-13-32-19-10-8-16(14-20(19)31-2)22-26-23(30)18(27-28-22)9-11-21(29)25-15-17-7-5-6-12-24-17/h3,5-8,10,12,14H,1,4,9,11,13,15H2,2H3,(H,25,29)(H,26,28,30). The topological polar surface area (TPSA) is 119 Å². The van der Waals surface area contributed by atoms with Crippen LogP contribution in [0.15, 0.2) is 60.0 Å². The molecule has 0 aliphatic carbocycles. The smallest absolute Gasteiger partial charge is 0.273 e. The number of nitrogens with zero attached hydrogens (tertiary/aromatic N) is 3. The maximum Gasteiger partial charge on any atom is 0.273 e. The van der Waals surface area contributed by atoms with Gasteiger partial charge in [0.1, 0.15) is 5.69 Å². The van der Waals surface area contributed by atoms with Crippen LogP contribution in [-0.2, 0) is 17.8 Å². The molecule has 3 rings (SSSR count). The van der Waals surface area contributed by atoms with E-state index in [4.69, 9.17) is 9.47 Å². The number of ether oxygens (including phenoxy) is 2. The van der Waals surface area contributed by atoms with Crippen molar-refractivity contribution >= 4 is 5.91 Å². The minimum Gasteiger partial charge on any atom is -0.493 e. The Hall–Kier alpha value is -4.01. The molecule has 0 atom stereocenters. The first-order chi connectivity index (χ1) is 15.6. The first kappa shape index (κ1) is 22.7. The summed E-state index contributed by atoms with van der Waals surface area (Å²) in [5.41, 5.74) is 1.19. The minimum absolute atomic E-state index is 0.120. The molecule has 0 unspecified atom stereocenters. The number of aryl methyl sites for hydroxylation is 1. The van der Waals surface area contributed by atoms with Gasteiger partial charge in [-0.05, 0) is 36.8 Å². The molecule has 0 saturated carbocycles. The third kappa shape index (κ3) is 6.24. The molecule has 0 bridgehead atoms. The lowest BCUT2D eigenvalue weighted by atomic mass is 10.2. The zero-order valence-corrected chi connectivity index (χ0v) is 17.8. The molecule has 32 heavy (non-hydrogen) atoms. The quantitative estimate of drug-likeness (QED) is 0.351. The predicted octanol–water partition coefficient (Wildman–Crippen LogP) is 2.44. The Morgan fingerprint density at radius 2 is 2.09 bits per heavy atom. The van der Waals surface area contributed by atoms with E-state index >= 15 is 0 Å². The van der Waals surface area contributed by atoms with Crippen molar-refractivity contribution in [3.63, 3.8) is 0 Å². The van der Waals surface area contributed by atoms with Crippen molar-refractivity contribution in [3.05, 3.63) is 77.0 Å². The molecular formula is C23H25N5O4. The van der Waals surface area contributed by atoms with Crippen LogP contribution in [0.25, 0.3) is 11.4 Å². The van der Waals surface area contributed by atoms with E-state index in [0.29, 0.717) is 42.5 Å². The molecule has 2 heterocycles. The van der Waals surface area contributed by atoms with Crippen molar-refractivity contribution in [2.24, 2.45) is 0 Å². The van der Waals surface area contributed by atoms with Gasteiger partial charge in [-0.1, -0.05) is 12.1 Å². The number of nitrogens with one attached hydrogen (secondary N) is 2. The Balaban J connectivity index is 1.61. The number of methoxy groups -OCH3 is 1. The van der Waals surface area contributed by atoms with E-state index in [-0.39, 0.29) is 24.4 Å². The Morgan fingerprint density at radius 1 is 1.22 bits per heavy atom. The molecule has 166 valence electrons. The van der Waals surface area contributed by atoms with Crippen LogP contribution in [0.2, 0.25) is 0 Å². The Bertz CT molecular complexity index is 1110. The molecular weight excluding hydrogens is 410 g/mol. The Morgan fingerprint density at radius 3 is 2.81 bits per heavy atom. The van der Waals surface area contributed by atoms with Gasteiger partial charge in [0.15, 0.2) is 17.3 Å². The number of benzene rings is 1. The molecule has 0 saturated heterocycles. The molecule has 1 amide bonds. The molecule has 9 nitrogen and oxygen atoms in total. The second-order valence-electron chi connectivity index (χ2n) is 6.84. The Labute approximate surface area is 185 Å². The normalized spacial score (nSPS) is 10.4. The van der Waals surface area contributed by atoms with E-state index in [1.165, 1.54) is 7.11 Å². The first-order valence-electron chi connectivity index (χ1n) is 10.1. The minimum atomic E-state index is -0.391. The van der Waals surface area contributed by atoms with Crippen LogP contribution in [0.5, 0.6) is 11.5 Å². The summed E-state index contributed by atoms with van der Waals surface area (Å²) in [6, 6.07) is 10.7. The molecule has 0 fully saturated rings. The SMILES string of the molecule is C=CCCOc1ccc(-c2nnc(CCC(=O)NCc3ccccn3)c(=O)[nH]2)cc1OC. The molecule has 0 spiro atoms. The van der Waals surface area contributed by atoms with Gasteiger partial charge in [-0.25, -0.2) is 0 Å². The third-order valence-electron chi connectivity index (χ3n) is 4.56. The molecule has 2 aromatic heterocycles. The highest BCUT2D eigenvalue weighted by Crippen LogP contribution is 2.31. The summed E-state index contributed by atoms with van der Waals surface area (Å²) in [5, 5.41) is 10.9. The lowest BCUT2D eigenvalue weighted by Gasteiger charge is -2.11. The van der Waals surface area contributed by atoms with Crippen LogP contribution in [0.3, 0.4) is 0 Å². The maximum absolute atomic E-state index is 12.4. The second-order valence-corrected chi connectivity index (χ2v) is 6.84. The molecule has 0 radical (unpaired) electrons. The van der Waals surface area contributed by atoms with Crippen LogP contribution in [0.4, 0.5) is 0 Å². The van der Waals surface area contributed by atoms with E-state index < -0.39 is 5.56 Å². The maximum atomic E-state index is 12.4. The lowest BCUT2D eigenvalue weighted by Crippen LogP contribution is -2.25. The number of aromatic amines is 1. The number of aromatic nitrogens is 4. The highest BCUT2D eigenvalue weighted by molar-refractivity contribution is 5.76. The zero-order chi connectivity index (χ0) is 22.8. The number of carbonyl (C=O) groups excluding carboxylic acids is 1. The number of H-pyrrole nitrogens is 1. The summed E-state index contributed by atoms with van der Waals surface area (Å²) < 4.78 is 11.0. The molecule has 0 aliphatic heterocycles. The van der Waals surface area contributed by atoms with Crippen LogP contribution in [0, 0.1) is 0 Å². The van der Waals surface area contributed by atoms with E-state index in [2.05, 4.69) is 32.1 Å². The summed E-state index contributed by atoms with van der Waals surface area (Å²) in [5.74, 6) is 1.21. The van der Waals surface area contributed by atoms with Gasteiger partial charge < -0.3 is 19.8 Å². The highest BCUT2D eigenvalue weighted by atomic mass is 16.5. The number of carbonyl (C=O) groups is 1. The molecule has 3 aromatic rings. The summed E-state index contributed by atoms with van der Waals surface area (Å²) in [4.78, 5) is 31.4. The lowest BCUT2D eigenvalue weighted by molar-refractivity contribution is -0.121. The van der Waals surface area contributed by atoms with Gasteiger partial charge in [0.05, 0.1) is 26.0 Å².